The topological polar surface area (TPSA) is 159 Å². The normalized spacial score (nSPS) is 17.9. The van der Waals surface area contributed by atoms with Gasteiger partial charge in [-0.3, -0.25) is 0 Å². The van der Waals surface area contributed by atoms with Crippen LogP contribution in [0.4, 0.5) is 9.59 Å². The molecule has 0 saturated carbocycles. The molecule has 0 spiro atoms. The molecular weight excluding hydrogens is 510 g/mol. The Hall–Kier alpha value is -4.26. The quantitative estimate of drug-likeness (QED) is 0.173. The molecule has 0 saturated heterocycles. The molecule has 5 N–H and O–H groups in total. The Bertz CT molecular complexity index is 1320. The molecule has 2 aromatic rings. The minimum Gasteiger partial charge on any atom is -0.444 e. The lowest BCUT2D eigenvalue weighted by atomic mass is 10.0. The van der Waals surface area contributed by atoms with Crippen LogP contribution in [0.3, 0.4) is 0 Å². The fraction of sp³-hybridized carbons (Fsp3) is 0.467. The number of nitrogens with zero attached hydrogens (tertiary/aromatic N) is 2. The van der Waals surface area contributed by atoms with Crippen LogP contribution in [0.15, 0.2) is 41.6 Å². The Morgan fingerprint density at radius 2 is 1.38 bits per heavy atom. The van der Waals surface area contributed by atoms with E-state index in [2.05, 4.69) is 21.9 Å². The number of carbonyl (C=O) groups is 2. The van der Waals surface area contributed by atoms with E-state index in [1.807, 2.05) is 77.9 Å². The van der Waals surface area contributed by atoms with Crippen LogP contribution in [0.5, 0.6) is 0 Å². The number of fused-ring (bicyclic) bond motifs is 2. The number of benzene rings is 2. The molecule has 2 amide bonds. The van der Waals surface area contributed by atoms with Gasteiger partial charge in [-0.15, -0.1) is 0 Å². The first-order chi connectivity index (χ1) is 18.7. The summed E-state index contributed by atoms with van der Waals surface area (Å²) < 4.78 is 10.5. The molecule has 2 aliphatic rings. The minimum atomic E-state index is -0.526. The van der Waals surface area contributed by atoms with Gasteiger partial charge in [-0.05, 0) is 95.5 Å². The van der Waals surface area contributed by atoms with Crippen molar-refractivity contribution in [3.8, 4) is 6.07 Å². The molecule has 10 nitrogen and oxygen atoms in total. The number of nitriles is 1. The van der Waals surface area contributed by atoms with Gasteiger partial charge in [0.05, 0.1) is 23.7 Å². The molecule has 2 atom stereocenters. The van der Waals surface area contributed by atoms with Gasteiger partial charge < -0.3 is 31.0 Å². The highest BCUT2D eigenvalue weighted by molar-refractivity contribution is 5.99. The molecule has 0 radical (unpaired) electrons. The van der Waals surface area contributed by atoms with Crippen molar-refractivity contribution in [1.82, 2.24) is 10.6 Å². The lowest BCUT2D eigenvalue weighted by molar-refractivity contribution is 0.0492. The van der Waals surface area contributed by atoms with E-state index in [9.17, 15) is 9.59 Å². The summed E-state index contributed by atoms with van der Waals surface area (Å²) in [6, 6.07) is 13.2. The first-order valence-corrected chi connectivity index (χ1v) is 13.3. The average Bonchev–Trinajstić information content (AvgIpc) is 3.45. The van der Waals surface area contributed by atoms with Crippen LogP contribution < -0.4 is 16.4 Å². The van der Waals surface area contributed by atoms with Gasteiger partial charge >= 0.3 is 12.2 Å². The average molecular weight is 550 g/mol. The first kappa shape index (κ1) is 30.3. The van der Waals surface area contributed by atoms with Gasteiger partial charge in [0.1, 0.15) is 11.2 Å². The number of rotatable bonds is 3. The van der Waals surface area contributed by atoms with Gasteiger partial charge in [0.2, 0.25) is 0 Å². The first-order valence-electron chi connectivity index (χ1n) is 13.3. The van der Waals surface area contributed by atoms with Crippen LogP contribution in [0.25, 0.3) is 0 Å². The standard InChI is InChI=1S/C15H21N3O3.C15H18N2O2/c1-15(2,3)21-14(19)17-12-8-7-9-10(12)5-4-6-11(9)13(16)18-20;1-15(2,3)19-14(18)17-13-8-7-11-10(9-16)5-4-6-12(11)13/h4-6,12,20H,7-8H2,1-3H3,(H2,16,18)(H,17,19);4-6,13H,7-8H2,1-3H3,(H,17,18)/t12-;13-/m11/s1. The largest absolute Gasteiger partial charge is 0.444 e. The highest BCUT2D eigenvalue weighted by Crippen LogP contribution is 2.34. The monoisotopic (exact) mass is 549 g/mol. The second-order valence-electron chi connectivity index (χ2n) is 11.8. The molecule has 0 unspecified atom stereocenters. The van der Waals surface area contributed by atoms with Gasteiger partial charge in [-0.1, -0.05) is 35.5 Å². The minimum absolute atomic E-state index is 0.0573. The zero-order valence-electron chi connectivity index (χ0n) is 24.0. The second kappa shape index (κ2) is 12.3. The molecule has 4 rings (SSSR count). The number of alkyl carbamates (subject to hydrolysis) is 2. The number of ether oxygens (including phenoxy) is 2. The van der Waals surface area contributed by atoms with Crippen LogP contribution in [0.1, 0.15) is 99.8 Å². The fourth-order valence-corrected chi connectivity index (χ4v) is 4.91. The van der Waals surface area contributed by atoms with E-state index < -0.39 is 23.4 Å². The maximum absolute atomic E-state index is 11.9. The second-order valence-corrected chi connectivity index (χ2v) is 11.8. The number of amides is 2. The fourth-order valence-electron chi connectivity index (χ4n) is 4.91. The Labute approximate surface area is 235 Å². The summed E-state index contributed by atoms with van der Waals surface area (Å²) in [6.07, 6.45) is 2.32. The van der Waals surface area contributed by atoms with Crippen LogP contribution in [-0.2, 0) is 22.3 Å². The number of nitrogens with one attached hydrogen (secondary N) is 2. The Balaban J connectivity index is 0.000000222. The molecule has 0 aliphatic heterocycles. The van der Waals surface area contributed by atoms with Crippen molar-refractivity contribution in [3.63, 3.8) is 0 Å². The summed E-state index contributed by atoms with van der Waals surface area (Å²) in [6.45, 7) is 11.0. The predicted molar refractivity (Wildman–Crippen MR) is 151 cm³/mol. The van der Waals surface area contributed by atoms with Crippen molar-refractivity contribution >= 4 is 18.0 Å². The summed E-state index contributed by atoms with van der Waals surface area (Å²) >= 11 is 0. The molecule has 214 valence electrons. The number of nitrogens with two attached hydrogens (primary N) is 1. The van der Waals surface area contributed by atoms with Crippen molar-refractivity contribution in [1.29, 1.82) is 5.26 Å². The summed E-state index contributed by atoms with van der Waals surface area (Å²) in [4.78, 5) is 23.7. The van der Waals surface area contributed by atoms with Crippen molar-refractivity contribution < 1.29 is 24.3 Å². The van der Waals surface area contributed by atoms with E-state index in [-0.39, 0.29) is 17.9 Å². The van der Waals surface area contributed by atoms with Crippen LogP contribution in [-0.4, -0.2) is 34.4 Å². The third kappa shape index (κ3) is 7.88. The smallest absolute Gasteiger partial charge is 0.408 e. The van der Waals surface area contributed by atoms with E-state index in [0.717, 1.165) is 47.9 Å². The molecule has 0 aromatic heterocycles. The number of amidine groups is 1. The number of oxime groups is 1. The highest BCUT2D eigenvalue weighted by atomic mass is 16.6. The summed E-state index contributed by atoms with van der Waals surface area (Å²) in [5, 5.41) is 26.7. The molecule has 0 heterocycles. The van der Waals surface area contributed by atoms with Crippen molar-refractivity contribution in [3.05, 3.63) is 69.8 Å². The van der Waals surface area contributed by atoms with Crippen LogP contribution >= 0.6 is 0 Å². The van der Waals surface area contributed by atoms with Crippen molar-refractivity contribution in [2.45, 2.75) is 90.5 Å². The van der Waals surface area contributed by atoms with Crippen LogP contribution in [0, 0.1) is 11.3 Å². The third-order valence-electron chi connectivity index (χ3n) is 6.43. The van der Waals surface area contributed by atoms with Gasteiger partial charge in [-0.2, -0.15) is 5.26 Å². The van der Waals surface area contributed by atoms with Gasteiger partial charge in [-0.25, -0.2) is 9.59 Å². The maximum atomic E-state index is 11.9. The molecule has 10 heteroatoms. The lowest BCUT2D eigenvalue weighted by Gasteiger charge is -2.22. The molecular formula is C30H39N5O5. The number of hydrogen-bond donors (Lipinski definition) is 4. The summed E-state index contributed by atoms with van der Waals surface area (Å²) in [5.41, 5.74) is 10.1. The zero-order chi connectivity index (χ0) is 29.7. The van der Waals surface area contributed by atoms with Crippen molar-refractivity contribution in [2.24, 2.45) is 10.9 Å². The van der Waals surface area contributed by atoms with Gasteiger partial charge in [0.15, 0.2) is 5.84 Å². The van der Waals surface area contributed by atoms with E-state index in [1.165, 1.54) is 0 Å². The Morgan fingerprint density at radius 1 is 0.900 bits per heavy atom. The van der Waals surface area contributed by atoms with Crippen LogP contribution in [0.2, 0.25) is 0 Å². The molecule has 2 aliphatic carbocycles. The number of carbonyl (C=O) groups excluding carboxylic acids is 2. The molecule has 0 fully saturated rings. The third-order valence-corrected chi connectivity index (χ3v) is 6.43. The Morgan fingerprint density at radius 3 is 1.85 bits per heavy atom. The zero-order valence-corrected chi connectivity index (χ0v) is 24.0. The maximum Gasteiger partial charge on any atom is 0.408 e. The summed E-state index contributed by atoms with van der Waals surface area (Å²) in [7, 11) is 0. The summed E-state index contributed by atoms with van der Waals surface area (Å²) in [5.74, 6) is 0.0877. The van der Waals surface area contributed by atoms with E-state index in [1.54, 1.807) is 0 Å². The van der Waals surface area contributed by atoms with Gasteiger partial charge in [0, 0.05) is 5.56 Å². The highest BCUT2D eigenvalue weighted by Gasteiger charge is 2.29. The lowest BCUT2D eigenvalue weighted by Crippen LogP contribution is -2.34. The van der Waals surface area contributed by atoms with E-state index >= 15 is 0 Å². The van der Waals surface area contributed by atoms with E-state index in [4.69, 9.17) is 25.7 Å². The Kier molecular flexibility index (Phi) is 9.30. The van der Waals surface area contributed by atoms with E-state index in [0.29, 0.717) is 11.1 Å². The predicted octanol–water partition coefficient (Wildman–Crippen LogP) is 5.36. The number of hydrogen-bond acceptors (Lipinski definition) is 7. The molecule has 2 aromatic carbocycles. The molecule has 40 heavy (non-hydrogen) atoms. The van der Waals surface area contributed by atoms with Crippen molar-refractivity contribution in [2.75, 3.05) is 0 Å². The SMILES string of the molecule is CC(C)(C)OC(=O)N[C@@H]1CCc2c(C#N)cccc21.CC(C)(C)OC(=O)N[C@@H]1CCc2c(C(N)=NO)cccc21. The van der Waals surface area contributed by atoms with Gasteiger partial charge in [0.25, 0.3) is 0 Å². The molecule has 0 bridgehead atoms.